The molecular formula is C43H57N5O6. The van der Waals surface area contributed by atoms with E-state index < -0.39 is 18.4 Å². The molecule has 1 aliphatic carbocycles. The van der Waals surface area contributed by atoms with Gasteiger partial charge in [0.15, 0.2) is 5.78 Å². The summed E-state index contributed by atoms with van der Waals surface area (Å²) in [4.78, 5) is 65.2. The van der Waals surface area contributed by atoms with E-state index in [1.165, 1.54) is 40.6 Å². The maximum absolute atomic E-state index is 13.7. The first-order valence-corrected chi connectivity index (χ1v) is 20.2. The number of amides is 2. The molecular weight excluding hydrogens is 683 g/mol. The van der Waals surface area contributed by atoms with E-state index in [-0.39, 0.29) is 66.4 Å². The molecule has 6 atom stereocenters. The van der Waals surface area contributed by atoms with Crippen LogP contribution in [0.1, 0.15) is 95.8 Å². The molecule has 290 valence electrons. The number of benzene rings is 1. The van der Waals surface area contributed by atoms with Crippen LogP contribution in [0.15, 0.2) is 45.7 Å². The highest BCUT2D eigenvalue weighted by molar-refractivity contribution is 5.99. The van der Waals surface area contributed by atoms with Crippen LogP contribution in [0.5, 0.6) is 0 Å². The third-order valence-corrected chi connectivity index (χ3v) is 13.0. The van der Waals surface area contributed by atoms with Crippen LogP contribution in [0.25, 0.3) is 0 Å². The van der Waals surface area contributed by atoms with Gasteiger partial charge in [0.1, 0.15) is 6.61 Å². The Labute approximate surface area is 319 Å². The number of nitrogens with one attached hydrogen (secondary N) is 1. The summed E-state index contributed by atoms with van der Waals surface area (Å²) in [5.74, 6) is -0.959. The molecule has 5 heterocycles. The van der Waals surface area contributed by atoms with E-state index >= 15 is 0 Å². The van der Waals surface area contributed by atoms with Crippen molar-refractivity contribution in [3.63, 3.8) is 0 Å². The summed E-state index contributed by atoms with van der Waals surface area (Å²) in [5, 5.41) is 13.1. The second kappa shape index (κ2) is 15.9. The summed E-state index contributed by atoms with van der Waals surface area (Å²) in [6.07, 6.45) is 12.3. The molecule has 1 aromatic carbocycles. The van der Waals surface area contributed by atoms with Crippen molar-refractivity contribution < 1.29 is 29.0 Å². The number of methoxy groups -OCH3 is 1. The minimum Gasteiger partial charge on any atom is -0.469 e. The van der Waals surface area contributed by atoms with Crippen LogP contribution in [-0.4, -0.2) is 94.8 Å². The predicted octanol–water partition coefficient (Wildman–Crippen LogP) is 5.24. The Hall–Kier alpha value is -4.12. The largest absolute Gasteiger partial charge is 0.469 e. The Morgan fingerprint density at radius 1 is 0.796 bits per heavy atom. The molecule has 2 amide bonds. The highest BCUT2D eigenvalue weighted by Gasteiger charge is 2.41. The lowest BCUT2D eigenvalue weighted by Gasteiger charge is -2.30. The molecule has 5 unspecified atom stereocenters. The summed E-state index contributed by atoms with van der Waals surface area (Å²) >= 11 is 0. The SMILES string of the molecule is COC(=O)C[C@H](C(=O)N1CCCC1C1=NC=C(C2Cc3cc4c(cc3N2)CC(C2=CN=C(C3CCCN3C(=O)C(CC(=O)CO)C(C)C)C2)C4)C1)C(C)C. The minimum absolute atomic E-state index is 0.0121. The molecule has 6 aliphatic rings. The Morgan fingerprint density at radius 2 is 1.35 bits per heavy atom. The zero-order chi connectivity index (χ0) is 38.3. The average Bonchev–Trinajstić information content (AvgIpc) is 4.00. The van der Waals surface area contributed by atoms with Gasteiger partial charge in [0, 0.05) is 67.8 Å². The molecule has 1 aromatic rings. The molecule has 2 N–H and O–H groups in total. The molecule has 11 nitrogen and oxygen atoms in total. The van der Waals surface area contributed by atoms with Crippen molar-refractivity contribution >= 4 is 40.7 Å². The molecule has 0 spiro atoms. The fourth-order valence-electron chi connectivity index (χ4n) is 9.74. The van der Waals surface area contributed by atoms with E-state index in [4.69, 9.17) is 14.7 Å². The van der Waals surface area contributed by atoms with E-state index in [9.17, 15) is 24.3 Å². The van der Waals surface area contributed by atoms with Crippen molar-refractivity contribution in [2.24, 2.45) is 39.6 Å². The number of carbonyl (C=O) groups is 4. The van der Waals surface area contributed by atoms with Crippen LogP contribution in [-0.2, 0) is 43.2 Å². The summed E-state index contributed by atoms with van der Waals surface area (Å²) in [5.41, 5.74) is 10.0. The molecule has 2 saturated heterocycles. The van der Waals surface area contributed by atoms with Crippen LogP contribution in [0, 0.1) is 29.6 Å². The van der Waals surface area contributed by atoms with Crippen LogP contribution < -0.4 is 5.32 Å². The van der Waals surface area contributed by atoms with Crippen molar-refractivity contribution in [3.05, 3.63) is 52.4 Å². The zero-order valence-corrected chi connectivity index (χ0v) is 32.6. The van der Waals surface area contributed by atoms with Gasteiger partial charge in [0.05, 0.1) is 37.6 Å². The number of esters is 1. The van der Waals surface area contributed by atoms with Crippen molar-refractivity contribution in [1.29, 1.82) is 0 Å². The Kier molecular flexibility index (Phi) is 11.3. The van der Waals surface area contributed by atoms with E-state index in [1.807, 2.05) is 43.7 Å². The maximum atomic E-state index is 13.7. The van der Waals surface area contributed by atoms with Crippen LogP contribution >= 0.6 is 0 Å². The lowest BCUT2D eigenvalue weighted by atomic mass is 9.88. The predicted molar refractivity (Wildman–Crippen MR) is 208 cm³/mol. The molecule has 0 bridgehead atoms. The lowest BCUT2D eigenvalue weighted by molar-refractivity contribution is -0.148. The lowest BCUT2D eigenvalue weighted by Crippen LogP contribution is -2.45. The van der Waals surface area contributed by atoms with Crippen molar-refractivity contribution in [2.75, 3.05) is 32.1 Å². The number of fused-ring (bicyclic) bond motifs is 2. The number of nitrogens with zero attached hydrogens (tertiary/aromatic N) is 4. The number of ether oxygens (including phenoxy) is 1. The number of hydrogen-bond acceptors (Lipinski definition) is 9. The number of aliphatic hydroxyl groups excluding tert-OH is 1. The monoisotopic (exact) mass is 739 g/mol. The summed E-state index contributed by atoms with van der Waals surface area (Å²) in [7, 11) is 1.37. The van der Waals surface area contributed by atoms with E-state index in [2.05, 4.69) is 23.6 Å². The number of rotatable bonds is 13. The average molecular weight is 740 g/mol. The van der Waals surface area contributed by atoms with Gasteiger partial charge in [-0.3, -0.25) is 29.2 Å². The number of aliphatic hydroxyl groups is 1. The van der Waals surface area contributed by atoms with Gasteiger partial charge in [-0.15, -0.1) is 0 Å². The van der Waals surface area contributed by atoms with E-state index in [0.29, 0.717) is 19.0 Å². The van der Waals surface area contributed by atoms with Gasteiger partial charge in [0.25, 0.3) is 0 Å². The summed E-state index contributed by atoms with van der Waals surface area (Å²) in [6.45, 7) is 8.78. The first kappa shape index (κ1) is 38.2. The maximum Gasteiger partial charge on any atom is 0.306 e. The van der Waals surface area contributed by atoms with Crippen LogP contribution in [0.3, 0.4) is 0 Å². The van der Waals surface area contributed by atoms with Gasteiger partial charge in [-0.1, -0.05) is 33.8 Å². The number of anilines is 1. The fourth-order valence-corrected chi connectivity index (χ4v) is 9.74. The third kappa shape index (κ3) is 7.57. The van der Waals surface area contributed by atoms with Crippen molar-refractivity contribution in [1.82, 2.24) is 9.80 Å². The standard InChI is InChI=1S/C43H57N5O6/c1-24(2)33(19-32(50)23-49)42(52)47-10-6-8-39(47)37-17-30(21-44-37)27-12-26-14-29-16-36(46-35(29)15-28(26)13-27)31-18-38(45-22-31)40-9-7-11-48(40)43(53)34(25(3)4)20-41(51)54-5/h14-15,21-22,24-25,27,33-34,36,39-40,46,49H,6-13,16-20,23H2,1-5H3/t27?,33?,34-,36?,39?,40?/m0/s1. The number of aliphatic imine (C=N–C) groups is 2. The van der Waals surface area contributed by atoms with Crippen LogP contribution in [0.4, 0.5) is 5.69 Å². The number of hydrogen-bond donors (Lipinski definition) is 2. The Balaban J connectivity index is 0.927. The summed E-state index contributed by atoms with van der Waals surface area (Å²) < 4.78 is 4.90. The zero-order valence-electron chi connectivity index (χ0n) is 32.6. The normalized spacial score (nSPS) is 25.6. The number of carbonyl (C=O) groups excluding carboxylic acids is 4. The first-order valence-electron chi connectivity index (χ1n) is 20.2. The first-order chi connectivity index (χ1) is 25.9. The van der Waals surface area contributed by atoms with Gasteiger partial charge < -0.3 is 25.0 Å². The van der Waals surface area contributed by atoms with Crippen LogP contribution in [0.2, 0.25) is 0 Å². The number of ketones is 1. The molecule has 0 aromatic heterocycles. The van der Waals surface area contributed by atoms with Gasteiger partial charge in [-0.2, -0.15) is 0 Å². The minimum atomic E-state index is -0.525. The van der Waals surface area contributed by atoms with E-state index in [0.717, 1.165) is 69.2 Å². The third-order valence-electron chi connectivity index (χ3n) is 13.0. The Morgan fingerprint density at radius 3 is 1.93 bits per heavy atom. The van der Waals surface area contributed by atoms with Gasteiger partial charge >= 0.3 is 5.97 Å². The molecule has 7 rings (SSSR count). The van der Waals surface area contributed by atoms with Gasteiger partial charge in [-0.25, -0.2) is 0 Å². The molecule has 0 radical (unpaired) electrons. The van der Waals surface area contributed by atoms with Crippen molar-refractivity contribution in [3.8, 4) is 0 Å². The number of Topliss-reactive ketones (excluding diaryl/α,β-unsaturated/α-hetero) is 1. The number of likely N-dealkylation sites (tertiary alicyclic amines) is 2. The molecule has 11 heteroatoms. The molecule has 2 fully saturated rings. The highest BCUT2D eigenvalue weighted by atomic mass is 16.5. The second-order valence-corrected chi connectivity index (χ2v) is 17.0. The molecule has 54 heavy (non-hydrogen) atoms. The quantitative estimate of drug-likeness (QED) is 0.264. The fraction of sp³-hybridized carbons (Fsp3) is 0.628. The van der Waals surface area contributed by atoms with Gasteiger partial charge in [-0.05, 0) is 96.6 Å². The Bertz CT molecular complexity index is 1650. The number of allylic oxidation sites excluding steroid dienone is 1. The molecule has 0 saturated carbocycles. The topological polar surface area (TPSA) is 141 Å². The van der Waals surface area contributed by atoms with E-state index in [1.54, 1.807) is 0 Å². The summed E-state index contributed by atoms with van der Waals surface area (Å²) in [6, 6.07) is 4.87. The molecule has 5 aliphatic heterocycles. The second-order valence-electron chi connectivity index (χ2n) is 17.0. The van der Waals surface area contributed by atoms with Gasteiger partial charge in [0.2, 0.25) is 11.8 Å². The smallest absolute Gasteiger partial charge is 0.306 e. The van der Waals surface area contributed by atoms with Crippen molar-refractivity contribution in [2.45, 2.75) is 116 Å². The highest BCUT2D eigenvalue weighted by Crippen LogP contribution is 2.42.